The number of carbonyl (C=O) groups is 1. The van der Waals surface area contributed by atoms with Crippen LogP contribution in [0.1, 0.15) is 12.5 Å². The molecule has 0 bridgehead atoms. The molecule has 8 nitrogen and oxygen atoms in total. The van der Waals surface area contributed by atoms with Gasteiger partial charge in [0.1, 0.15) is 0 Å². The molecule has 2 aromatic carbocycles. The number of rotatable bonds is 6. The maximum atomic E-state index is 12.5. The second-order valence-corrected chi connectivity index (χ2v) is 8.08. The molecule has 2 aromatic heterocycles. The van der Waals surface area contributed by atoms with Crippen molar-refractivity contribution in [1.29, 1.82) is 0 Å². The number of thioether (sulfide) groups is 1. The largest absolute Gasteiger partial charge is 0.454 e. The molecule has 4 aromatic rings. The molecule has 1 atom stereocenters. The number of amides is 1. The molecule has 1 aliphatic heterocycles. The van der Waals surface area contributed by atoms with Gasteiger partial charge in [-0.1, -0.05) is 36.0 Å². The van der Waals surface area contributed by atoms with E-state index in [4.69, 9.17) is 13.9 Å². The Bertz CT molecular complexity index is 1220. The molecule has 0 saturated heterocycles. The fraction of sp³-hybridized carbons (Fsp3) is 0.190. The first-order chi connectivity index (χ1) is 14.7. The van der Waals surface area contributed by atoms with Crippen molar-refractivity contribution in [3.05, 3.63) is 54.2 Å². The first-order valence-electron chi connectivity index (χ1n) is 9.40. The Labute approximate surface area is 176 Å². The molecule has 9 heteroatoms. The molecule has 5 rings (SSSR count). The Hall–Kier alpha value is -3.46. The number of benzene rings is 2. The summed E-state index contributed by atoms with van der Waals surface area (Å²) in [5, 5.41) is 12.1. The van der Waals surface area contributed by atoms with Gasteiger partial charge in [0.25, 0.3) is 11.1 Å². The molecule has 152 valence electrons. The predicted molar refractivity (Wildman–Crippen MR) is 111 cm³/mol. The molecule has 2 N–H and O–H groups in total. The van der Waals surface area contributed by atoms with E-state index in [1.54, 1.807) is 6.92 Å². The number of fused-ring (bicyclic) bond motifs is 2. The summed E-state index contributed by atoms with van der Waals surface area (Å²) in [5.74, 6) is 1.71. The quantitative estimate of drug-likeness (QED) is 0.456. The van der Waals surface area contributed by atoms with Crippen LogP contribution in [0, 0.1) is 0 Å². The van der Waals surface area contributed by atoms with Crippen molar-refractivity contribution in [2.24, 2.45) is 0 Å². The molecule has 30 heavy (non-hydrogen) atoms. The lowest BCUT2D eigenvalue weighted by Gasteiger charge is -2.10. The number of aromatic amines is 1. The zero-order chi connectivity index (χ0) is 20.5. The molecule has 3 heterocycles. The van der Waals surface area contributed by atoms with Crippen LogP contribution in [0.5, 0.6) is 11.5 Å². The third-order valence-electron chi connectivity index (χ3n) is 4.78. The summed E-state index contributed by atoms with van der Waals surface area (Å²) in [6, 6.07) is 13.5. The lowest BCUT2D eigenvalue weighted by Crippen LogP contribution is -2.30. The summed E-state index contributed by atoms with van der Waals surface area (Å²) in [6.45, 7) is 2.42. The average Bonchev–Trinajstić information content (AvgIpc) is 3.50. The molecule has 0 aliphatic carbocycles. The van der Waals surface area contributed by atoms with Crippen LogP contribution in [-0.2, 0) is 11.3 Å². The molecule has 1 amide bonds. The number of nitrogens with one attached hydrogen (secondary N) is 2. The first-order valence-corrected chi connectivity index (χ1v) is 10.3. The second kappa shape index (κ2) is 7.75. The van der Waals surface area contributed by atoms with Crippen molar-refractivity contribution in [2.75, 3.05) is 6.79 Å². The summed E-state index contributed by atoms with van der Waals surface area (Å²) in [6.07, 6.45) is 1.84. The zero-order valence-electron chi connectivity index (χ0n) is 16.0. The Kier molecular flexibility index (Phi) is 4.80. The van der Waals surface area contributed by atoms with Crippen LogP contribution in [0.25, 0.3) is 22.4 Å². The maximum Gasteiger partial charge on any atom is 0.277 e. The number of hydrogen-bond acceptors (Lipinski definition) is 7. The van der Waals surface area contributed by atoms with Gasteiger partial charge >= 0.3 is 0 Å². The van der Waals surface area contributed by atoms with E-state index in [9.17, 15) is 4.79 Å². The van der Waals surface area contributed by atoms with Crippen molar-refractivity contribution in [3.63, 3.8) is 0 Å². The van der Waals surface area contributed by atoms with Gasteiger partial charge in [-0.05, 0) is 30.7 Å². The van der Waals surface area contributed by atoms with Gasteiger partial charge in [0.15, 0.2) is 11.5 Å². The Morgan fingerprint density at radius 3 is 3.00 bits per heavy atom. The monoisotopic (exact) mass is 422 g/mol. The molecular weight excluding hydrogens is 404 g/mol. The summed E-state index contributed by atoms with van der Waals surface area (Å²) < 4.78 is 16.4. The van der Waals surface area contributed by atoms with Gasteiger partial charge in [-0.15, -0.1) is 10.2 Å². The highest BCUT2D eigenvalue weighted by Gasteiger charge is 2.20. The smallest absolute Gasteiger partial charge is 0.277 e. The van der Waals surface area contributed by atoms with Gasteiger partial charge in [0.05, 0.1) is 10.8 Å². The number of ether oxygens (including phenoxy) is 2. The molecule has 0 radical (unpaired) electrons. The maximum absolute atomic E-state index is 12.5. The van der Waals surface area contributed by atoms with Crippen molar-refractivity contribution in [3.8, 4) is 23.0 Å². The van der Waals surface area contributed by atoms with Gasteiger partial charge in [-0.2, -0.15) is 0 Å². The van der Waals surface area contributed by atoms with Gasteiger partial charge in [-0.25, -0.2) is 0 Å². The topological polar surface area (TPSA) is 102 Å². The molecule has 1 aliphatic rings. The molecule has 0 spiro atoms. The average molecular weight is 422 g/mol. The number of nitrogens with zero attached hydrogens (tertiary/aromatic N) is 2. The fourth-order valence-corrected chi connectivity index (χ4v) is 3.91. The SMILES string of the molecule is CC(Sc1nnc(-c2c[nH]c3ccccc23)o1)C(=O)NCc1ccc2c(c1)OCO2. The number of carbonyl (C=O) groups excluding carboxylic acids is 1. The van der Waals surface area contributed by atoms with Crippen LogP contribution < -0.4 is 14.8 Å². The van der Waals surface area contributed by atoms with E-state index in [1.165, 1.54) is 11.8 Å². The van der Waals surface area contributed by atoms with Crippen molar-refractivity contribution in [1.82, 2.24) is 20.5 Å². The Balaban J connectivity index is 1.21. The van der Waals surface area contributed by atoms with Crippen LogP contribution in [0.4, 0.5) is 0 Å². The highest BCUT2D eigenvalue weighted by Crippen LogP contribution is 2.33. The lowest BCUT2D eigenvalue weighted by atomic mass is 10.2. The summed E-state index contributed by atoms with van der Waals surface area (Å²) in [5.41, 5.74) is 2.77. The van der Waals surface area contributed by atoms with Crippen molar-refractivity contribution in [2.45, 2.75) is 23.9 Å². The summed E-state index contributed by atoms with van der Waals surface area (Å²) in [7, 11) is 0. The van der Waals surface area contributed by atoms with E-state index < -0.39 is 5.25 Å². The van der Waals surface area contributed by atoms with Crippen LogP contribution in [0.3, 0.4) is 0 Å². The first kappa shape index (κ1) is 18.6. The summed E-state index contributed by atoms with van der Waals surface area (Å²) >= 11 is 1.22. The molecule has 1 unspecified atom stereocenters. The Morgan fingerprint density at radius 1 is 1.20 bits per heavy atom. The number of para-hydroxylation sites is 1. The van der Waals surface area contributed by atoms with Crippen molar-refractivity contribution >= 4 is 28.6 Å². The van der Waals surface area contributed by atoms with E-state index in [-0.39, 0.29) is 12.7 Å². The van der Waals surface area contributed by atoms with E-state index in [1.807, 2.05) is 48.7 Å². The van der Waals surface area contributed by atoms with Gasteiger partial charge in [0.2, 0.25) is 12.7 Å². The number of aromatic nitrogens is 3. The van der Waals surface area contributed by atoms with Crippen LogP contribution in [-0.4, -0.2) is 33.1 Å². The van der Waals surface area contributed by atoms with E-state index in [0.29, 0.717) is 23.4 Å². The van der Waals surface area contributed by atoms with E-state index in [0.717, 1.165) is 27.8 Å². The van der Waals surface area contributed by atoms with Crippen LogP contribution in [0.2, 0.25) is 0 Å². The normalized spacial score (nSPS) is 13.5. The minimum atomic E-state index is -0.393. The zero-order valence-corrected chi connectivity index (χ0v) is 16.9. The van der Waals surface area contributed by atoms with E-state index in [2.05, 4.69) is 20.5 Å². The third kappa shape index (κ3) is 3.59. The van der Waals surface area contributed by atoms with Gasteiger partial charge in [0, 0.05) is 23.6 Å². The predicted octanol–water partition coefficient (Wildman–Crippen LogP) is 3.74. The Morgan fingerprint density at radius 2 is 2.07 bits per heavy atom. The standard InChI is InChI=1S/C21H18N4O4S/c1-12(19(26)23-9-13-6-7-17-18(8-13)28-11-27-17)30-21-25-24-20(29-21)15-10-22-16-5-3-2-4-14(15)16/h2-8,10,12,22H,9,11H2,1H3,(H,23,26). The second-order valence-electron chi connectivity index (χ2n) is 6.79. The highest BCUT2D eigenvalue weighted by molar-refractivity contribution is 8.00. The van der Waals surface area contributed by atoms with Gasteiger partial charge in [-0.3, -0.25) is 4.79 Å². The number of hydrogen-bond donors (Lipinski definition) is 2. The van der Waals surface area contributed by atoms with E-state index >= 15 is 0 Å². The third-order valence-corrected chi connectivity index (χ3v) is 5.71. The van der Waals surface area contributed by atoms with Crippen LogP contribution >= 0.6 is 11.8 Å². The summed E-state index contributed by atoms with van der Waals surface area (Å²) in [4.78, 5) is 15.7. The van der Waals surface area contributed by atoms with Crippen LogP contribution in [0.15, 0.2) is 58.3 Å². The minimum absolute atomic E-state index is 0.121. The van der Waals surface area contributed by atoms with Gasteiger partial charge < -0.3 is 24.2 Å². The lowest BCUT2D eigenvalue weighted by molar-refractivity contribution is -0.120. The number of H-pyrrole nitrogens is 1. The highest BCUT2D eigenvalue weighted by atomic mass is 32.2. The fourth-order valence-electron chi connectivity index (χ4n) is 3.20. The molecule has 0 saturated carbocycles. The van der Waals surface area contributed by atoms with Crippen molar-refractivity contribution < 1.29 is 18.7 Å². The minimum Gasteiger partial charge on any atom is -0.454 e. The molecule has 0 fully saturated rings. The molecular formula is C21H18N4O4S.